The molecule has 0 aliphatic carbocycles. The second-order valence-electron chi connectivity index (χ2n) is 8.65. The van der Waals surface area contributed by atoms with Gasteiger partial charge in [0.2, 0.25) is 0 Å². The molecule has 1 aromatic heterocycles. The Morgan fingerprint density at radius 2 is 1.77 bits per heavy atom. The highest BCUT2D eigenvalue weighted by Crippen LogP contribution is 2.23. The van der Waals surface area contributed by atoms with Crippen LogP contribution in [0.15, 0.2) is 54.6 Å². The van der Waals surface area contributed by atoms with Crippen LogP contribution < -0.4 is 10.1 Å². The number of nitrogens with one attached hydrogen (secondary N) is 1. The quantitative estimate of drug-likeness (QED) is 0.564. The molecule has 0 aliphatic rings. The fourth-order valence-corrected chi connectivity index (χ4v) is 3.22. The first-order valence-corrected chi connectivity index (χ1v) is 10.5. The molecule has 5 nitrogen and oxygen atoms in total. The fraction of sp³-hybridized carbons (Fsp3) is 0.360. The number of nitrogens with zero attached hydrogens (tertiary/aromatic N) is 2. The summed E-state index contributed by atoms with van der Waals surface area (Å²) in [5.74, 6) is 0.310. The first-order chi connectivity index (χ1) is 14.7. The molecule has 1 N–H and O–H groups in total. The first-order valence-electron chi connectivity index (χ1n) is 10.5. The number of hydrogen-bond acceptors (Lipinski definition) is 3. The van der Waals surface area contributed by atoms with E-state index in [2.05, 4.69) is 31.2 Å². The minimum atomic E-state index is -0.290. The van der Waals surface area contributed by atoms with Crippen LogP contribution in [0.1, 0.15) is 68.0 Å². The van der Waals surface area contributed by atoms with Gasteiger partial charge in [-0.25, -0.2) is 4.39 Å². The maximum Gasteiger partial charge on any atom is 0.270 e. The maximum absolute atomic E-state index is 13.3. The third-order valence-corrected chi connectivity index (χ3v) is 5.07. The van der Waals surface area contributed by atoms with Crippen LogP contribution in [-0.4, -0.2) is 22.3 Å². The Bertz CT molecular complexity index is 1020. The van der Waals surface area contributed by atoms with Gasteiger partial charge in [-0.2, -0.15) is 5.10 Å². The summed E-state index contributed by atoms with van der Waals surface area (Å²) >= 11 is 0. The Labute approximate surface area is 183 Å². The van der Waals surface area contributed by atoms with Crippen molar-refractivity contribution in [2.75, 3.05) is 6.61 Å². The molecule has 3 rings (SSSR count). The average molecular weight is 424 g/mol. The van der Waals surface area contributed by atoms with Crippen molar-refractivity contribution in [1.82, 2.24) is 15.1 Å². The van der Waals surface area contributed by atoms with Gasteiger partial charge in [-0.15, -0.1) is 0 Å². The standard InChI is InChI=1S/C25H30FN3O2/c1-6-31-21-13-9-19(10-14-21)17(2)27-24(30)22-15-23(25(3,4)5)28-29(22)16-18-7-11-20(26)12-8-18/h7-15,17H,6,16H2,1-5H3,(H,27,30). The van der Waals surface area contributed by atoms with Gasteiger partial charge in [0.1, 0.15) is 17.3 Å². The van der Waals surface area contributed by atoms with Crippen LogP contribution in [0.3, 0.4) is 0 Å². The molecule has 0 radical (unpaired) electrons. The molecule has 0 bridgehead atoms. The lowest BCUT2D eigenvalue weighted by Gasteiger charge is -2.15. The lowest BCUT2D eigenvalue weighted by Crippen LogP contribution is -2.29. The zero-order valence-electron chi connectivity index (χ0n) is 18.8. The molecular formula is C25H30FN3O2. The molecule has 0 spiro atoms. The summed E-state index contributed by atoms with van der Waals surface area (Å²) in [6.45, 7) is 11.1. The third-order valence-electron chi connectivity index (χ3n) is 5.07. The Balaban J connectivity index is 1.82. The number of aromatic nitrogens is 2. The zero-order valence-corrected chi connectivity index (χ0v) is 18.8. The molecule has 1 atom stereocenters. The van der Waals surface area contributed by atoms with E-state index in [0.29, 0.717) is 18.8 Å². The minimum Gasteiger partial charge on any atom is -0.494 e. The third kappa shape index (κ3) is 5.72. The molecule has 6 heteroatoms. The number of halogens is 1. The summed E-state index contributed by atoms with van der Waals surface area (Å²) in [6.07, 6.45) is 0. The Kier molecular flexibility index (Phi) is 6.78. The lowest BCUT2D eigenvalue weighted by atomic mass is 9.92. The SMILES string of the molecule is CCOc1ccc(C(C)NC(=O)c2cc(C(C)(C)C)nn2Cc2ccc(F)cc2)cc1. The van der Waals surface area contributed by atoms with E-state index in [9.17, 15) is 9.18 Å². The van der Waals surface area contributed by atoms with Crippen molar-refractivity contribution in [1.29, 1.82) is 0 Å². The van der Waals surface area contributed by atoms with Gasteiger partial charge in [0, 0.05) is 5.41 Å². The number of ether oxygens (including phenoxy) is 1. The summed E-state index contributed by atoms with van der Waals surface area (Å²) < 4.78 is 20.4. The molecule has 1 unspecified atom stereocenters. The molecule has 0 saturated heterocycles. The van der Waals surface area contributed by atoms with E-state index >= 15 is 0 Å². The topological polar surface area (TPSA) is 56.1 Å². The van der Waals surface area contributed by atoms with Gasteiger partial charge in [-0.3, -0.25) is 9.48 Å². The summed E-state index contributed by atoms with van der Waals surface area (Å²) in [5, 5.41) is 7.74. The maximum atomic E-state index is 13.3. The molecule has 3 aromatic rings. The molecule has 0 fully saturated rings. The molecular weight excluding hydrogens is 393 g/mol. The molecule has 31 heavy (non-hydrogen) atoms. The summed E-state index contributed by atoms with van der Waals surface area (Å²) in [7, 11) is 0. The number of rotatable bonds is 7. The number of carbonyl (C=O) groups excluding carboxylic acids is 1. The summed E-state index contributed by atoms with van der Waals surface area (Å²) in [6, 6.07) is 15.6. The zero-order chi connectivity index (χ0) is 22.6. The van der Waals surface area contributed by atoms with E-state index in [0.717, 1.165) is 22.6 Å². The van der Waals surface area contributed by atoms with Crippen LogP contribution in [0.4, 0.5) is 4.39 Å². The second kappa shape index (κ2) is 9.33. The van der Waals surface area contributed by atoms with Crippen molar-refractivity contribution in [2.24, 2.45) is 0 Å². The molecule has 1 heterocycles. The van der Waals surface area contributed by atoms with Crippen LogP contribution in [0.2, 0.25) is 0 Å². The summed E-state index contributed by atoms with van der Waals surface area (Å²) in [4.78, 5) is 13.1. The fourth-order valence-electron chi connectivity index (χ4n) is 3.22. The Morgan fingerprint density at radius 1 is 1.13 bits per heavy atom. The van der Waals surface area contributed by atoms with Gasteiger partial charge < -0.3 is 10.1 Å². The number of benzene rings is 2. The smallest absolute Gasteiger partial charge is 0.270 e. The van der Waals surface area contributed by atoms with Crippen LogP contribution >= 0.6 is 0 Å². The Morgan fingerprint density at radius 3 is 2.35 bits per heavy atom. The average Bonchev–Trinajstić information content (AvgIpc) is 3.15. The van der Waals surface area contributed by atoms with E-state index in [-0.39, 0.29) is 23.2 Å². The number of carbonyl (C=O) groups is 1. The van der Waals surface area contributed by atoms with Crippen molar-refractivity contribution in [2.45, 2.75) is 52.6 Å². The van der Waals surface area contributed by atoms with E-state index in [1.807, 2.05) is 44.2 Å². The largest absolute Gasteiger partial charge is 0.494 e. The van der Waals surface area contributed by atoms with Gasteiger partial charge in [0.25, 0.3) is 5.91 Å². The summed E-state index contributed by atoms with van der Waals surface area (Å²) in [5.41, 5.74) is 2.96. The highest BCUT2D eigenvalue weighted by atomic mass is 19.1. The second-order valence-corrected chi connectivity index (χ2v) is 8.65. The number of amides is 1. The van der Waals surface area contributed by atoms with Gasteiger partial charge >= 0.3 is 0 Å². The van der Waals surface area contributed by atoms with Crippen molar-refractivity contribution in [3.63, 3.8) is 0 Å². The van der Waals surface area contributed by atoms with E-state index in [4.69, 9.17) is 4.74 Å². The van der Waals surface area contributed by atoms with Crippen LogP contribution in [-0.2, 0) is 12.0 Å². The van der Waals surface area contributed by atoms with E-state index in [1.54, 1.807) is 16.8 Å². The van der Waals surface area contributed by atoms with Crippen LogP contribution in [0.25, 0.3) is 0 Å². The molecule has 164 valence electrons. The minimum absolute atomic E-state index is 0.185. The van der Waals surface area contributed by atoms with Crippen molar-refractivity contribution < 1.29 is 13.9 Å². The first kappa shape index (κ1) is 22.5. The highest BCUT2D eigenvalue weighted by Gasteiger charge is 2.24. The van der Waals surface area contributed by atoms with Gasteiger partial charge in [-0.1, -0.05) is 45.0 Å². The van der Waals surface area contributed by atoms with Crippen LogP contribution in [0, 0.1) is 5.82 Å². The van der Waals surface area contributed by atoms with Crippen LogP contribution in [0.5, 0.6) is 5.75 Å². The van der Waals surface area contributed by atoms with E-state index < -0.39 is 0 Å². The number of hydrogen-bond donors (Lipinski definition) is 1. The molecule has 0 aliphatic heterocycles. The highest BCUT2D eigenvalue weighted by molar-refractivity contribution is 5.93. The monoisotopic (exact) mass is 423 g/mol. The van der Waals surface area contributed by atoms with Crippen molar-refractivity contribution >= 4 is 5.91 Å². The predicted octanol–water partition coefficient (Wildman–Crippen LogP) is 5.26. The van der Waals surface area contributed by atoms with E-state index in [1.165, 1.54) is 12.1 Å². The molecule has 1 amide bonds. The lowest BCUT2D eigenvalue weighted by molar-refractivity contribution is 0.0929. The normalized spacial score (nSPS) is 12.5. The van der Waals surface area contributed by atoms with Gasteiger partial charge in [0.05, 0.1) is 24.9 Å². The van der Waals surface area contributed by atoms with Crippen molar-refractivity contribution in [3.8, 4) is 5.75 Å². The molecule has 0 saturated carbocycles. The van der Waals surface area contributed by atoms with Gasteiger partial charge in [-0.05, 0) is 55.3 Å². The predicted molar refractivity (Wildman–Crippen MR) is 120 cm³/mol. The van der Waals surface area contributed by atoms with Crippen molar-refractivity contribution in [3.05, 3.63) is 82.9 Å². The van der Waals surface area contributed by atoms with Gasteiger partial charge in [0.15, 0.2) is 0 Å². The molecule has 2 aromatic carbocycles. The Hall–Kier alpha value is -3.15.